The number of nitro groups is 2. The molecule has 0 amide bonds. The monoisotopic (exact) mass is 378 g/mol. The van der Waals surface area contributed by atoms with Gasteiger partial charge in [-0.25, -0.2) is 0 Å². The number of benzene rings is 3. The number of para-hydroxylation sites is 2. The van der Waals surface area contributed by atoms with Gasteiger partial charge in [0.15, 0.2) is 0 Å². The number of nitrogens with one attached hydrogen (secondary N) is 2. The van der Waals surface area contributed by atoms with Crippen LogP contribution in [0.15, 0.2) is 72.8 Å². The van der Waals surface area contributed by atoms with Crippen LogP contribution in [0.4, 0.5) is 22.7 Å². The van der Waals surface area contributed by atoms with Crippen molar-refractivity contribution in [3.63, 3.8) is 0 Å². The van der Waals surface area contributed by atoms with Gasteiger partial charge in [-0.3, -0.25) is 20.2 Å². The zero-order valence-corrected chi connectivity index (χ0v) is 14.9. The standard InChI is InChI=1S/C20H18N4O4/c25-23(26)17-9-5-15(6-10-17)13-21-19-3-1-2-4-20(19)22-14-16-7-11-18(12-8-16)24(27)28/h1-12,21-22H,13-14H2. The average molecular weight is 378 g/mol. The third kappa shape index (κ3) is 4.82. The van der Waals surface area contributed by atoms with Gasteiger partial charge in [-0.05, 0) is 23.3 Å². The SMILES string of the molecule is O=[N+]([O-])c1ccc(CNc2ccccc2NCc2ccc([N+](=O)[O-])cc2)cc1. The molecule has 8 nitrogen and oxygen atoms in total. The lowest BCUT2D eigenvalue weighted by Gasteiger charge is -2.14. The van der Waals surface area contributed by atoms with Gasteiger partial charge in [-0.15, -0.1) is 0 Å². The molecule has 0 spiro atoms. The second-order valence-electron chi connectivity index (χ2n) is 6.10. The third-order valence-electron chi connectivity index (χ3n) is 4.19. The van der Waals surface area contributed by atoms with E-state index in [2.05, 4.69) is 10.6 Å². The van der Waals surface area contributed by atoms with Crippen LogP contribution < -0.4 is 10.6 Å². The first-order valence-electron chi connectivity index (χ1n) is 8.56. The summed E-state index contributed by atoms with van der Waals surface area (Å²) < 4.78 is 0. The maximum atomic E-state index is 10.7. The number of hydrogen-bond acceptors (Lipinski definition) is 6. The van der Waals surface area contributed by atoms with Crippen molar-refractivity contribution in [2.75, 3.05) is 10.6 Å². The lowest BCUT2D eigenvalue weighted by molar-refractivity contribution is -0.385. The summed E-state index contributed by atoms with van der Waals surface area (Å²) in [6, 6.07) is 20.5. The summed E-state index contributed by atoms with van der Waals surface area (Å²) in [5.41, 5.74) is 3.76. The Morgan fingerprint density at radius 1 is 0.607 bits per heavy atom. The molecule has 3 aromatic carbocycles. The van der Waals surface area contributed by atoms with Gasteiger partial charge in [0.25, 0.3) is 11.4 Å². The molecular weight excluding hydrogens is 360 g/mol. The second-order valence-corrected chi connectivity index (χ2v) is 6.10. The molecule has 0 heterocycles. The first kappa shape index (κ1) is 18.8. The van der Waals surface area contributed by atoms with Crippen LogP contribution in [-0.4, -0.2) is 9.85 Å². The van der Waals surface area contributed by atoms with Gasteiger partial charge in [0.05, 0.1) is 21.2 Å². The van der Waals surface area contributed by atoms with Gasteiger partial charge >= 0.3 is 0 Å². The Hall–Kier alpha value is -3.94. The molecule has 0 fully saturated rings. The minimum absolute atomic E-state index is 0.0638. The largest absolute Gasteiger partial charge is 0.379 e. The van der Waals surface area contributed by atoms with Gasteiger partial charge in [0, 0.05) is 37.4 Å². The average Bonchev–Trinajstić information content (AvgIpc) is 2.72. The highest BCUT2D eigenvalue weighted by Crippen LogP contribution is 2.23. The molecule has 0 aliphatic heterocycles. The van der Waals surface area contributed by atoms with Gasteiger partial charge in [-0.2, -0.15) is 0 Å². The van der Waals surface area contributed by atoms with E-state index in [1.165, 1.54) is 24.3 Å². The Morgan fingerprint density at radius 2 is 0.964 bits per heavy atom. The van der Waals surface area contributed by atoms with Crippen molar-refractivity contribution in [2.45, 2.75) is 13.1 Å². The fraction of sp³-hybridized carbons (Fsp3) is 0.100. The van der Waals surface area contributed by atoms with E-state index >= 15 is 0 Å². The van der Waals surface area contributed by atoms with Crippen molar-refractivity contribution >= 4 is 22.7 Å². The minimum Gasteiger partial charge on any atom is -0.379 e. The number of nitro benzene ring substituents is 2. The highest BCUT2D eigenvalue weighted by atomic mass is 16.6. The summed E-state index contributed by atoms with van der Waals surface area (Å²) in [7, 11) is 0. The van der Waals surface area contributed by atoms with Crippen molar-refractivity contribution < 1.29 is 9.85 Å². The number of rotatable bonds is 8. The summed E-state index contributed by atoms with van der Waals surface area (Å²) in [6.07, 6.45) is 0. The third-order valence-corrected chi connectivity index (χ3v) is 4.19. The van der Waals surface area contributed by atoms with E-state index < -0.39 is 9.85 Å². The van der Waals surface area contributed by atoms with Crippen LogP contribution in [0, 0.1) is 20.2 Å². The Morgan fingerprint density at radius 3 is 1.29 bits per heavy atom. The summed E-state index contributed by atoms with van der Waals surface area (Å²) in [4.78, 5) is 20.6. The quantitative estimate of drug-likeness (QED) is 0.433. The predicted molar refractivity (Wildman–Crippen MR) is 107 cm³/mol. The number of hydrogen-bond donors (Lipinski definition) is 2. The van der Waals surface area contributed by atoms with Crippen LogP contribution in [0.2, 0.25) is 0 Å². The molecule has 3 rings (SSSR count). The van der Waals surface area contributed by atoms with Crippen molar-refractivity contribution in [3.8, 4) is 0 Å². The molecule has 142 valence electrons. The smallest absolute Gasteiger partial charge is 0.269 e. The Kier molecular flexibility index (Phi) is 5.81. The highest BCUT2D eigenvalue weighted by Gasteiger charge is 2.06. The molecule has 0 radical (unpaired) electrons. The number of anilines is 2. The normalized spacial score (nSPS) is 10.3. The fourth-order valence-corrected chi connectivity index (χ4v) is 2.66. The molecule has 0 saturated carbocycles. The van der Waals surface area contributed by atoms with Gasteiger partial charge < -0.3 is 10.6 Å². The summed E-state index contributed by atoms with van der Waals surface area (Å²) >= 11 is 0. The lowest BCUT2D eigenvalue weighted by Crippen LogP contribution is -2.05. The molecule has 0 aromatic heterocycles. The van der Waals surface area contributed by atoms with Crippen LogP contribution in [-0.2, 0) is 13.1 Å². The van der Waals surface area contributed by atoms with Crippen molar-refractivity contribution in [2.24, 2.45) is 0 Å². The predicted octanol–water partition coefficient (Wildman–Crippen LogP) is 4.73. The summed E-state index contributed by atoms with van der Waals surface area (Å²) in [6.45, 7) is 1.04. The second kappa shape index (κ2) is 8.63. The highest BCUT2D eigenvalue weighted by molar-refractivity contribution is 5.68. The molecule has 0 aliphatic carbocycles. The molecule has 0 aliphatic rings. The molecule has 8 heteroatoms. The van der Waals surface area contributed by atoms with Crippen LogP contribution in [0.5, 0.6) is 0 Å². The Bertz CT molecular complexity index is 892. The minimum atomic E-state index is -0.422. The molecule has 0 unspecified atom stereocenters. The van der Waals surface area contributed by atoms with Crippen molar-refractivity contribution in [3.05, 3.63) is 104 Å². The molecule has 0 bridgehead atoms. The fourth-order valence-electron chi connectivity index (χ4n) is 2.66. The van der Waals surface area contributed by atoms with Crippen molar-refractivity contribution in [1.82, 2.24) is 0 Å². The molecule has 3 aromatic rings. The van der Waals surface area contributed by atoms with Crippen LogP contribution in [0.1, 0.15) is 11.1 Å². The maximum Gasteiger partial charge on any atom is 0.269 e. The van der Waals surface area contributed by atoms with E-state index in [1.807, 2.05) is 24.3 Å². The number of non-ortho nitro benzene ring substituents is 2. The van der Waals surface area contributed by atoms with E-state index in [0.29, 0.717) is 13.1 Å². The van der Waals surface area contributed by atoms with Gasteiger partial charge in [0.1, 0.15) is 0 Å². The summed E-state index contributed by atoms with van der Waals surface area (Å²) in [5, 5.41) is 28.1. The Balaban J connectivity index is 1.62. The molecule has 2 N–H and O–H groups in total. The number of nitrogens with zero attached hydrogens (tertiary/aromatic N) is 2. The molecule has 0 saturated heterocycles. The van der Waals surface area contributed by atoms with Gasteiger partial charge in [0.2, 0.25) is 0 Å². The summed E-state index contributed by atoms with van der Waals surface area (Å²) in [5.74, 6) is 0. The van der Waals surface area contributed by atoms with E-state index in [4.69, 9.17) is 0 Å². The van der Waals surface area contributed by atoms with Crippen LogP contribution in [0.3, 0.4) is 0 Å². The van der Waals surface area contributed by atoms with Crippen LogP contribution >= 0.6 is 0 Å². The van der Waals surface area contributed by atoms with Crippen molar-refractivity contribution in [1.29, 1.82) is 0 Å². The van der Waals surface area contributed by atoms with Gasteiger partial charge in [-0.1, -0.05) is 36.4 Å². The van der Waals surface area contributed by atoms with E-state index in [0.717, 1.165) is 22.5 Å². The zero-order valence-electron chi connectivity index (χ0n) is 14.9. The molecular formula is C20H18N4O4. The molecule has 0 atom stereocenters. The maximum absolute atomic E-state index is 10.7. The van der Waals surface area contributed by atoms with Crippen LogP contribution in [0.25, 0.3) is 0 Å². The van der Waals surface area contributed by atoms with E-state index in [9.17, 15) is 20.2 Å². The lowest BCUT2D eigenvalue weighted by atomic mass is 10.2. The first-order valence-corrected chi connectivity index (χ1v) is 8.56. The topological polar surface area (TPSA) is 110 Å². The first-order chi connectivity index (χ1) is 13.5. The Labute approximate surface area is 161 Å². The molecule has 28 heavy (non-hydrogen) atoms. The zero-order chi connectivity index (χ0) is 19.9. The van der Waals surface area contributed by atoms with E-state index in [1.54, 1.807) is 24.3 Å². The van der Waals surface area contributed by atoms with E-state index in [-0.39, 0.29) is 11.4 Å².